The van der Waals surface area contributed by atoms with Crippen LogP contribution in [0, 0.1) is 10.5 Å². The van der Waals surface area contributed by atoms with Crippen molar-refractivity contribution in [3.05, 3.63) is 33.5 Å². The van der Waals surface area contributed by atoms with E-state index in [1.165, 1.54) is 9.13 Å². The van der Waals surface area contributed by atoms with E-state index in [0.717, 1.165) is 16.7 Å². The molecule has 0 aliphatic heterocycles. The predicted octanol–water partition coefficient (Wildman–Crippen LogP) is 3.16. The molecule has 14 heavy (non-hydrogen) atoms. The largest absolute Gasteiger partial charge is 0.494 e. The Morgan fingerprint density at radius 3 is 2.86 bits per heavy atom. The van der Waals surface area contributed by atoms with Gasteiger partial charge in [0.1, 0.15) is 11.3 Å². The average Bonchev–Trinajstić information content (AvgIpc) is 2.19. The molecule has 3 heteroatoms. The quantitative estimate of drug-likeness (QED) is 0.755. The van der Waals surface area contributed by atoms with Crippen LogP contribution in [0.25, 0.3) is 10.9 Å². The van der Waals surface area contributed by atoms with Gasteiger partial charge in [0.25, 0.3) is 0 Å². The Hall–Kier alpha value is -0.840. The maximum Gasteiger partial charge on any atom is 0.145 e. The normalized spacial score (nSPS) is 10.5. The van der Waals surface area contributed by atoms with Crippen LogP contribution in [0.15, 0.2) is 24.4 Å². The van der Waals surface area contributed by atoms with E-state index in [-0.39, 0.29) is 0 Å². The standard InChI is InChI=1S/C11H10INO/c1-7-5-8-9(12)3-4-10(14-2)11(8)13-6-7/h3-6H,1-2H3. The maximum absolute atomic E-state index is 5.26. The number of benzene rings is 1. The highest BCUT2D eigenvalue weighted by Crippen LogP contribution is 2.27. The third-order valence-corrected chi connectivity index (χ3v) is 3.06. The lowest BCUT2D eigenvalue weighted by atomic mass is 10.1. The Labute approximate surface area is 96.4 Å². The van der Waals surface area contributed by atoms with Crippen molar-refractivity contribution in [2.75, 3.05) is 7.11 Å². The second-order valence-corrected chi connectivity index (χ2v) is 4.32. The van der Waals surface area contributed by atoms with Crippen molar-refractivity contribution in [3.8, 4) is 5.75 Å². The van der Waals surface area contributed by atoms with Gasteiger partial charge in [-0.1, -0.05) is 0 Å². The van der Waals surface area contributed by atoms with Crippen molar-refractivity contribution in [1.29, 1.82) is 0 Å². The van der Waals surface area contributed by atoms with Crippen LogP contribution in [0.1, 0.15) is 5.56 Å². The molecule has 1 heterocycles. The van der Waals surface area contributed by atoms with Crippen LogP contribution in [-0.2, 0) is 0 Å². The molecule has 2 nitrogen and oxygen atoms in total. The molecule has 0 saturated heterocycles. The van der Waals surface area contributed by atoms with Crippen LogP contribution < -0.4 is 4.74 Å². The van der Waals surface area contributed by atoms with E-state index in [0.29, 0.717) is 0 Å². The van der Waals surface area contributed by atoms with Gasteiger partial charge < -0.3 is 4.74 Å². The lowest BCUT2D eigenvalue weighted by Gasteiger charge is -2.06. The summed E-state index contributed by atoms with van der Waals surface area (Å²) in [6.45, 7) is 2.04. The van der Waals surface area contributed by atoms with Gasteiger partial charge in [-0.25, -0.2) is 0 Å². The number of halogens is 1. The first kappa shape index (κ1) is 9.71. The summed E-state index contributed by atoms with van der Waals surface area (Å²) in [5.41, 5.74) is 2.11. The summed E-state index contributed by atoms with van der Waals surface area (Å²) in [5, 5.41) is 1.16. The van der Waals surface area contributed by atoms with Crippen LogP contribution in [0.4, 0.5) is 0 Å². The van der Waals surface area contributed by atoms with Crippen molar-refractivity contribution >= 4 is 33.5 Å². The van der Waals surface area contributed by atoms with E-state index >= 15 is 0 Å². The zero-order valence-corrected chi connectivity index (χ0v) is 10.2. The second-order valence-electron chi connectivity index (χ2n) is 3.16. The third kappa shape index (κ3) is 1.56. The highest BCUT2D eigenvalue weighted by molar-refractivity contribution is 14.1. The van der Waals surface area contributed by atoms with Crippen LogP contribution >= 0.6 is 22.6 Å². The van der Waals surface area contributed by atoms with Crippen LogP contribution in [0.5, 0.6) is 5.75 Å². The Kier molecular flexibility index (Phi) is 2.58. The number of aryl methyl sites for hydroxylation is 1. The van der Waals surface area contributed by atoms with Gasteiger partial charge in [0, 0.05) is 15.2 Å². The van der Waals surface area contributed by atoms with E-state index in [1.54, 1.807) is 7.11 Å². The monoisotopic (exact) mass is 299 g/mol. The maximum atomic E-state index is 5.26. The molecule has 0 fully saturated rings. The minimum absolute atomic E-state index is 0.834. The molecule has 0 bridgehead atoms. The fourth-order valence-electron chi connectivity index (χ4n) is 1.43. The van der Waals surface area contributed by atoms with Crippen molar-refractivity contribution < 1.29 is 4.74 Å². The zero-order chi connectivity index (χ0) is 10.1. The van der Waals surface area contributed by atoms with E-state index in [4.69, 9.17) is 4.74 Å². The molecular weight excluding hydrogens is 289 g/mol. The van der Waals surface area contributed by atoms with E-state index in [9.17, 15) is 0 Å². The lowest BCUT2D eigenvalue weighted by molar-refractivity contribution is 0.419. The first-order valence-electron chi connectivity index (χ1n) is 4.31. The van der Waals surface area contributed by atoms with Gasteiger partial charge in [-0.05, 0) is 53.3 Å². The summed E-state index contributed by atoms with van der Waals surface area (Å²) in [7, 11) is 1.67. The molecule has 0 radical (unpaired) electrons. The predicted molar refractivity (Wildman–Crippen MR) is 65.7 cm³/mol. The number of nitrogens with zero attached hydrogens (tertiary/aromatic N) is 1. The highest BCUT2D eigenvalue weighted by atomic mass is 127. The van der Waals surface area contributed by atoms with Crippen LogP contribution in [0.3, 0.4) is 0 Å². The Morgan fingerprint density at radius 1 is 1.36 bits per heavy atom. The SMILES string of the molecule is COc1ccc(I)c2cc(C)cnc12. The molecule has 0 amide bonds. The summed E-state index contributed by atoms with van der Waals surface area (Å²) in [5.74, 6) is 0.834. The van der Waals surface area contributed by atoms with Crippen molar-refractivity contribution in [2.45, 2.75) is 6.92 Å². The van der Waals surface area contributed by atoms with Gasteiger partial charge >= 0.3 is 0 Å². The summed E-state index contributed by atoms with van der Waals surface area (Å²) >= 11 is 2.31. The average molecular weight is 299 g/mol. The molecule has 0 atom stereocenters. The number of hydrogen-bond acceptors (Lipinski definition) is 2. The van der Waals surface area contributed by atoms with Crippen molar-refractivity contribution in [1.82, 2.24) is 4.98 Å². The summed E-state index contributed by atoms with van der Waals surface area (Å²) in [6.07, 6.45) is 1.86. The zero-order valence-electron chi connectivity index (χ0n) is 8.04. The van der Waals surface area contributed by atoms with Gasteiger partial charge in [-0.3, -0.25) is 4.98 Å². The minimum atomic E-state index is 0.834. The summed E-state index contributed by atoms with van der Waals surface area (Å²) in [4.78, 5) is 4.38. The fraction of sp³-hybridized carbons (Fsp3) is 0.182. The molecule has 0 spiro atoms. The number of fused-ring (bicyclic) bond motifs is 1. The number of aromatic nitrogens is 1. The highest BCUT2D eigenvalue weighted by Gasteiger charge is 2.05. The molecule has 0 aliphatic carbocycles. The Morgan fingerprint density at radius 2 is 2.14 bits per heavy atom. The fourth-order valence-corrected chi connectivity index (χ4v) is 2.02. The number of pyridine rings is 1. The second kappa shape index (κ2) is 3.73. The molecule has 1 aromatic carbocycles. The van der Waals surface area contributed by atoms with E-state index in [2.05, 4.69) is 33.6 Å². The van der Waals surface area contributed by atoms with Gasteiger partial charge in [0.2, 0.25) is 0 Å². The Balaban J connectivity index is 2.84. The summed E-state index contributed by atoms with van der Waals surface area (Å²) < 4.78 is 6.46. The van der Waals surface area contributed by atoms with Crippen molar-refractivity contribution in [3.63, 3.8) is 0 Å². The first-order chi connectivity index (χ1) is 6.72. The third-order valence-electron chi connectivity index (χ3n) is 2.12. The summed E-state index contributed by atoms with van der Waals surface area (Å²) in [6, 6.07) is 6.13. The number of ether oxygens (including phenoxy) is 1. The molecule has 0 unspecified atom stereocenters. The van der Waals surface area contributed by atoms with E-state index in [1.807, 2.05) is 25.3 Å². The molecule has 0 saturated carbocycles. The van der Waals surface area contributed by atoms with E-state index < -0.39 is 0 Å². The number of methoxy groups -OCH3 is 1. The topological polar surface area (TPSA) is 22.1 Å². The minimum Gasteiger partial charge on any atom is -0.494 e. The smallest absolute Gasteiger partial charge is 0.145 e. The van der Waals surface area contributed by atoms with Crippen LogP contribution in [-0.4, -0.2) is 12.1 Å². The van der Waals surface area contributed by atoms with Gasteiger partial charge in [0.05, 0.1) is 7.11 Å². The van der Waals surface area contributed by atoms with Crippen molar-refractivity contribution in [2.24, 2.45) is 0 Å². The molecule has 0 N–H and O–H groups in total. The molecule has 2 rings (SSSR count). The molecule has 72 valence electrons. The molecule has 0 aliphatic rings. The number of hydrogen-bond donors (Lipinski definition) is 0. The van der Waals surface area contributed by atoms with Gasteiger partial charge in [-0.2, -0.15) is 0 Å². The molecule has 2 aromatic rings. The molecule has 1 aromatic heterocycles. The van der Waals surface area contributed by atoms with Gasteiger partial charge in [0.15, 0.2) is 0 Å². The van der Waals surface area contributed by atoms with Crippen LogP contribution in [0.2, 0.25) is 0 Å². The lowest BCUT2D eigenvalue weighted by Crippen LogP contribution is -1.90. The first-order valence-corrected chi connectivity index (χ1v) is 5.39. The van der Waals surface area contributed by atoms with Gasteiger partial charge in [-0.15, -0.1) is 0 Å². The number of rotatable bonds is 1. The Bertz CT molecular complexity index is 482. The molecular formula is C11H10INO.